The lowest BCUT2D eigenvalue weighted by molar-refractivity contribution is 0.632. The van der Waals surface area contributed by atoms with Gasteiger partial charge in [0.25, 0.3) is 0 Å². The molecule has 0 aromatic heterocycles. The molecule has 0 unspecified atom stereocenters. The standard InChI is InChI=1S/C9H19NS/c1-2-11-7-3-6-10-8-9-4-5-9/h9-10H,2-8H2,1H3. The van der Waals surface area contributed by atoms with Crippen LogP contribution >= 0.6 is 11.8 Å². The third kappa shape index (κ3) is 5.57. The second-order valence-electron chi connectivity index (χ2n) is 3.20. The molecule has 0 bridgehead atoms. The lowest BCUT2D eigenvalue weighted by Gasteiger charge is -2.01. The van der Waals surface area contributed by atoms with Gasteiger partial charge in [-0.1, -0.05) is 6.92 Å². The molecule has 11 heavy (non-hydrogen) atoms. The largest absolute Gasteiger partial charge is 0.316 e. The zero-order valence-corrected chi connectivity index (χ0v) is 8.25. The fourth-order valence-corrected chi connectivity index (χ4v) is 1.71. The predicted molar refractivity (Wildman–Crippen MR) is 53.2 cm³/mol. The Labute approximate surface area is 74.3 Å². The van der Waals surface area contributed by atoms with Gasteiger partial charge in [0.05, 0.1) is 0 Å². The topological polar surface area (TPSA) is 12.0 Å². The summed E-state index contributed by atoms with van der Waals surface area (Å²) in [4.78, 5) is 0. The number of rotatable bonds is 7. The van der Waals surface area contributed by atoms with Crippen molar-refractivity contribution in [2.75, 3.05) is 24.6 Å². The molecule has 0 aliphatic heterocycles. The van der Waals surface area contributed by atoms with Crippen LogP contribution in [0.15, 0.2) is 0 Å². The predicted octanol–water partition coefficient (Wildman–Crippen LogP) is 2.13. The van der Waals surface area contributed by atoms with Crippen molar-refractivity contribution in [3.63, 3.8) is 0 Å². The number of thioether (sulfide) groups is 1. The molecule has 1 nitrogen and oxygen atoms in total. The van der Waals surface area contributed by atoms with Gasteiger partial charge < -0.3 is 5.32 Å². The van der Waals surface area contributed by atoms with E-state index in [-0.39, 0.29) is 0 Å². The van der Waals surface area contributed by atoms with Crippen molar-refractivity contribution < 1.29 is 0 Å². The van der Waals surface area contributed by atoms with E-state index >= 15 is 0 Å². The molecule has 1 N–H and O–H groups in total. The van der Waals surface area contributed by atoms with E-state index in [1.54, 1.807) is 0 Å². The molecule has 0 aromatic carbocycles. The van der Waals surface area contributed by atoms with Gasteiger partial charge >= 0.3 is 0 Å². The molecule has 1 rings (SSSR count). The van der Waals surface area contributed by atoms with Crippen molar-refractivity contribution >= 4 is 11.8 Å². The first-order chi connectivity index (χ1) is 5.43. The van der Waals surface area contributed by atoms with Crippen LogP contribution in [-0.4, -0.2) is 24.6 Å². The van der Waals surface area contributed by atoms with Crippen LogP contribution in [0.2, 0.25) is 0 Å². The molecule has 1 aliphatic carbocycles. The summed E-state index contributed by atoms with van der Waals surface area (Å²) >= 11 is 2.04. The minimum Gasteiger partial charge on any atom is -0.316 e. The number of nitrogens with one attached hydrogen (secondary N) is 1. The Morgan fingerprint density at radius 1 is 1.45 bits per heavy atom. The monoisotopic (exact) mass is 173 g/mol. The van der Waals surface area contributed by atoms with Crippen molar-refractivity contribution in [1.82, 2.24) is 5.32 Å². The van der Waals surface area contributed by atoms with Crippen LogP contribution in [0.25, 0.3) is 0 Å². The molecule has 1 saturated carbocycles. The van der Waals surface area contributed by atoms with Gasteiger partial charge in [0, 0.05) is 0 Å². The summed E-state index contributed by atoms with van der Waals surface area (Å²) in [6, 6.07) is 0. The smallest absolute Gasteiger partial charge is 0.00205 e. The third-order valence-corrected chi connectivity index (χ3v) is 2.96. The Bertz CT molecular complexity index is 91.6. The van der Waals surface area contributed by atoms with Gasteiger partial charge in [0.15, 0.2) is 0 Å². The van der Waals surface area contributed by atoms with E-state index in [1.807, 2.05) is 11.8 Å². The van der Waals surface area contributed by atoms with Crippen LogP contribution in [0.4, 0.5) is 0 Å². The zero-order valence-electron chi connectivity index (χ0n) is 7.44. The van der Waals surface area contributed by atoms with Crippen molar-refractivity contribution in [3.8, 4) is 0 Å². The maximum Gasteiger partial charge on any atom is -0.00205 e. The highest BCUT2D eigenvalue weighted by atomic mass is 32.2. The van der Waals surface area contributed by atoms with Gasteiger partial charge in [-0.3, -0.25) is 0 Å². The summed E-state index contributed by atoms with van der Waals surface area (Å²) < 4.78 is 0. The van der Waals surface area contributed by atoms with Crippen molar-refractivity contribution in [3.05, 3.63) is 0 Å². The summed E-state index contributed by atoms with van der Waals surface area (Å²) in [6.07, 6.45) is 4.28. The van der Waals surface area contributed by atoms with E-state index in [0.29, 0.717) is 0 Å². The lowest BCUT2D eigenvalue weighted by Crippen LogP contribution is -2.18. The normalized spacial score (nSPS) is 17.2. The summed E-state index contributed by atoms with van der Waals surface area (Å²) in [6.45, 7) is 4.72. The van der Waals surface area contributed by atoms with Crippen LogP contribution in [0.5, 0.6) is 0 Å². The van der Waals surface area contributed by atoms with Gasteiger partial charge in [-0.25, -0.2) is 0 Å². The number of hydrogen-bond acceptors (Lipinski definition) is 2. The van der Waals surface area contributed by atoms with Crippen LogP contribution in [0, 0.1) is 5.92 Å². The lowest BCUT2D eigenvalue weighted by atomic mass is 10.4. The Hall–Kier alpha value is 0.310. The Kier molecular flexibility index (Phi) is 5.04. The first kappa shape index (κ1) is 9.40. The first-order valence-corrected chi connectivity index (χ1v) is 5.87. The van der Waals surface area contributed by atoms with Crippen LogP contribution in [-0.2, 0) is 0 Å². The molecule has 0 heterocycles. The molecule has 0 saturated heterocycles. The Morgan fingerprint density at radius 2 is 2.27 bits per heavy atom. The number of hydrogen-bond donors (Lipinski definition) is 1. The van der Waals surface area contributed by atoms with E-state index in [0.717, 1.165) is 5.92 Å². The van der Waals surface area contributed by atoms with Gasteiger partial charge in [-0.05, 0) is 49.8 Å². The van der Waals surface area contributed by atoms with E-state index < -0.39 is 0 Å². The molecule has 66 valence electrons. The van der Waals surface area contributed by atoms with Crippen molar-refractivity contribution in [1.29, 1.82) is 0 Å². The van der Waals surface area contributed by atoms with Crippen LogP contribution in [0.3, 0.4) is 0 Å². The summed E-state index contributed by atoms with van der Waals surface area (Å²) in [5.74, 6) is 3.63. The average Bonchev–Trinajstić information content (AvgIpc) is 2.80. The molecule has 0 atom stereocenters. The van der Waals surface area contributed by atoms with Crippen molar-refractivity contribution in [2.45, 2.75) is 26.2 Å². The molecule has 0 spiro atoms. The Morgan fingerprint density at radius 3 is 2.91 bits per heavy atom. The second-order valence-corrected chi connectivity index (χ2v) is 4.59. The fraction of sp³-hybridized carbons (Fsp3) is 1.00. The van der Waals surface area contributed by atoms with Crippen molar-refractivity contribution in [2.24, 2.45) is 5.92 Å². The third-order valence-electron chi connectivity index (χ3n) is 1.98. The maximum absolute atomic E-state index is 3.49. The minimum absolute atomic E-state index is 1.04. The van der Waals surface area contributed by atoms with Gasteiger partial charge in [-0.2, -0.15) is 11.8 Å². The molecular formula is C9H19NS. The molecule has 0 aromatic rings. The second kappa shape index (κ2) is 5.90. The van der Waals surface area contributed by atoms with Gasteiger partial charge in [-0.15, -0.1) is 0 Å². The van der Waals surface area contributed by atoms with E-state index in [1.165, 1.54) is 43.9 Å². The Balaban J connectivity index is 1.66. The van der Waals surface area contributed by atoms with Gasteiger partial charge in [0.2, 0.25) is 0 Å². The zero-order chi connectivity index (χ0) is 7.94. The average molecular weight is 173 g/mol. The minimum atomic E-state index is 1.04. The molecule has 0 amide bonds. The summed E-state index contributed by atoms with van der Waals surface area (Å²) in [5, 5.41) is 3.49. The molecular weight excluding hydrogens is 154 g/mol. The van der Waals surface area contributed by atoms with E-state index in [4.69, 9.17) is 0 Å². The highest BCUT2D eigenvalue weighted by molar-refractivity contribution is 7.99. The quantitative estimate of drug-likeness (QED) is 0.592. The molecule has 1 aliphatic rings. The SMILES string of the molecule is CCSCCCNCC1CC1. The van der Waals surface area contributed by atoms with Crippen LogP contribution in [0.1, 0.15) is 26.2 Å². The fourth-order valence-electron chi connectivity index (χ4n) is 1.07. The maximum atomic E-state index is 3.49. The van der Waals surface area contributed by atoms with Crippen LogP contribution < -0.4 is 5.32 Å². The van der Waals surface area contributed by atoms with E-state index in [9.17, 15) is 0 Å². The molecule has 1 fully saturated rings. The first-order valence-electron chi connectivity index (χ1n) is 4.72. The highest BCUT2D eigenvalue weighted by Crippen LogP contribution is 2.27. The highest BCUT2D eigenvalue weighted by Gasteiger charge is 2.19. The summed E-state index contributed by atoms with van der Waals surface area (Å²) in [7, 11) is 0. The molecule has 2 heteroatoms. The summed E-state index contributed by atoms with van der Waals surface area (Å²) in [5.41, 5.74) is 0. The van der Waals surface area contributed by atoms with E-state index in [2.05, 4.69) is 12.2 Å². The van der Waals surface area contributed by atoms with Gasteiger partial charge in [0.1, 0.15) is 0 Å². The molecule has 0 radical (unpaired) electrons.